The molecule has 2 heterocycles. The number of amides is 1. The van der Waals surface area contributed by atoms with Gasteiger partial charge in [0.25, 0.3) is 0 Å². The normalized spacial score (nSPS) is 12.1. The first-order valence-electron chi connectivity index (χ1n) is 7.25. The van der Waals surface area contributed by atoms with Crippen molar-refractivity contribution in [3.63, 3.8) is 0 Å². The monoisotopic (exact) mass is 378 g/mol. The molecule has 0 saturated heterocycles. The molecule has 124 valence electrons. The summed E-state index contributed by atoms with van der Waals surface area (Å²) >= 11 is 12.8. The molecule has 0 saturated carbocycles. The van der Waals surface area contributed by atoms with Gasteiger partial charge in [0.2, 0.25) is 5.91 Å². The van der Waals surface area contributed by atoms with Gasteiger partial charge >= 0.3 is 0 Å². The zero-order valence-electron chi connectivity index (χ0n) is 13.0. The summed E-state index contributed by atoms with van der Waals surface area (Å²) in [5.74, 6) is 0.487. The molecule has 3 aromatic rings. The summed E-state index contributed by atoms with van der Waals surface area (Å²) in [6.07, 6.45) is 0. The highest BCUT2D eigenvalue weighted by atomic mass is 35.5. The number of hydrogen-bond donors (Lipinski definition) is 2. The van der Waals surface area contributed by atoms with Crippen molar-refractivity contribution in [3.8, 4) is 10.7 Å². The third kappa shape index (κ3) is 3.28. The number of nitrogens with one attached hydrogen (secondary N) is 2. The van der Waals surface area contributed by atoms with Crippen LogP contribution in [0, 0.1) is 11.7 Å². The predicted octanol–water partition coefficient (Wildman–Crippen LogP) is 4.83. The molecule has 0 spiro atoms. The van der Waals surface area contributed by atoms with Gasteiger partial charge in [0, 0.05) is 10.7 Å². The van der Waals surface area contributed by atoms with Gasteiger partial charge in [-0.3, -0.25) is 14.5 Å². The number of aromatic nitrogens is 3. The van der Waals surface area contributed by atoms with Crippen molar-refractivity contribution in [2.45, 2.75) is 19.9 Å². The summed E-state index contributed by atoms with van der Waals surface area (Å²) in [6, 6.07) is 8.71. The topological polar surface area (TPSA) is 62.7 Å². The lowest BCUT2D eigenvalue weighted by Crippen LogP contribution is -2.24. The molecule has 0 aliphatic heterocycles. The van der Waals surface area contributed by atoms with E-state index in [9.17, 15) is 4.79 Å². The van der Waals surface area contributed by atoms with Crippen LogP contribution in [0.15, 0.2) is 35.7 Å². The first-order valence-corrected chi connectivity index (χ1v) is 8.91. The molecule has 8 heteroatoms. The summed E-state index contributed by atoms with van der Waals surface area (Å²) < 4.78 is 2.13. The number of aromatic amines is 1. The van der Waals surface area contributed by atoms with Crippen molar-refractivity contribution in [3.05, 3.63) is 51.1 Å². The Kier molecular flexibility index (Phi) is 4.84. The highest BCUT2D eigenvalue weighted by Crippen LogP contribution is 2.26. The summed E-state index contributed by atoms with van der Waals surface area (Å²) in [7, 11) is 0. The largest absolute Gasteiger partial charge is 0.324 e. The quantitative estimate of drug-likeness (QED) is 0.639. The summed E-state index contributed by atoms with van der Waals surface area (Å²) in [4.78, 5) is 13.6. The van der Waals surface area contributed by atoms with Gasteiger partial charge in [-0.2, -0.15) is 5.10 Å². The average Bonchev–Trinajstić information content (AvgIpc) is 3.18. The van der Waals surface area contributed by atoms with Gasteiger partial charge in [-0.15, -0.1) is 11.3 Å². The maximum Gasteiger partial charge on any atom is 0.247 e. The number of thiophene rings is 1. The van der Waals surface area contributed by atoms with E-state index in [1.54, 1.807) is 35.0 Å². The highest BCUT2D eigenvalue weighted by molar-refractivity contribution is 7.71. The standard InChI is InChI=1S/C16H15ClN4OS2/c1-9-8-11(17)5-6-12(9)18-15(22)10(2)21-14(19-20-16(21)23)13-4-3-7-24-13/h3-8,10H,1-2H3,(H,18,22)(H,20,23)/t10-/m0/s1. The molecular weight excluding hydrogens is 364 g/mol. The molecule has 3 rings (SSSR count). The minimum Gasteiger partial charge on any atom is -0.324 e. The van der Waals surface area contributed by atoms with Crippen molar-refractivity contribution in [1.82, 2.24) is 14.8 Å². The van der Waals surface area contributed by atoms with Gasteiger partial charge in [-0.25, -0.2) is 0 Å². The van der Waals surface area contributed by atoms with Gasteiger partial charge in [-0.1, -0.05) is 17.7 Å². The number of rotatable bonds is 4. The molecule has 0 fully saturated rings. The second-order valence-electron chi connectivity index (χ2n) is 5.32. The molecule has 0 radical (unpaired) electrons. The maximum absolute atomic E-state index is 12.7. The fourth-order valence-electron chi connectivity index (χ4n) is 2.37. The average molecular weight is 379 g/mol. The summed E-state index contributed by atoms with van der Waals surface area (Å²) in [5, 5.41) is 12.5. The van der Waals surface area contributed by atoms with Gasteiger partial charge in [0.05, 0.1) is 4.88 Å². The molecule has 0 aliphatic carbocycles. The Morgan fingerprint density at radius 3 is 2.92 bits per heavy atom. The minimum atomic E-state index is -0.511. The van der Waals surface area contributed by atoms with Crippen LogP contribution in [0.3, 0.4) is 0 Å². The molecule has 1 atom stereocenters. The molecule has 5 nitrogen and oxygen atoms in total. The smallest absolute Gasteiger partial charge is 0.247 e. The lowest BCUT2D eigenvalue weighted by atomic mass is 10.2. The molecule has 2 aromatic heterocycles. The number of halogens is 1. The fourth-order valence-corrected chi connectivity index (χ4v) is 3.59. The lowest BCUT2D eigenvalue weighted by molar-refractivity contribution is -0.118. The van der Waals surface area contributed by atoms with Crippen molar-refractivity contribution < 1.29 is 4.79 Å². The molecule has 2 N–H and O–H groups in total. The van der Waals surface area contributed by atoms with Crippen molar-refractivity contribution in [1.29, 1.82) is 0 Å². The number of carbonyl (C=O) groups excluding carboxylic acids is 1. The van der Waals surface area contributed by atoms with E-state index in [2.05, 4.69) is 15.5 Å². The highest BCUT2D eigenvalue weighted by Gasteiger charge is 2.21. The first-order chi connectivity index (χ1) is 11.5. The van der Waals surface area contributed by atoms with Crippen LogP contribution < -0.4 is 5.32 Å². The van der Waals surface area contributed by atoms with Crippen LogP contribution in [0.2, 0.25) is 5.02 Å². The lowest BCUT2D eigenvalue weighted by Gasteiger charge is -2.16. The summed E-state index contributed by atoms with van der Waals surface area (Å²) in [5.41, 5.74) is 1.63. The van der Waals surface area contributed by atoms with Gasteiger partial charge in [0.15, 0.2) is 10.6 Å². The third-order valence-corrected chi connectivity index (χ3v) is 5.05. The van der Waals surface area contributed by atoms with Gasteiger partial charge in [-0.05, 0) is 61.3 Å². The third-order valence-electron chi connectivity index (χ3n) is 3.66. The Morgan fingerprint density at radius 1 is 1.46 bits per heavy atom. The van der Waals surface area contributed by atoms with Crippen LogP contribution in [0.5, 0.6) is 0 Å². The van der Waals surface area contributed by atoms with Crippen LogP contribution >= 0.6 is 35.2 Å². The maximum atomic E-state index is 12.7. The van der Waals surface area contributed by atoms with Crippen molar-refractivity contribution >= 4 is 46.8 Å². The molecule has 0 bridgehead atoms. The van der Waals surface area contributed by atoms with E-state index in [0.717, 1.165) is 16.1 Å². The molecule has 0 aliphatic rings. The molecule has 1 aromatic carbocycles. The second kappa shape index (κ2) is 6.88. The Labute approximate surface area is 153 Å². The second-order valence-corrected chi connectivity index (χ2v) is 7.09. The number of benzene rings is 1. The van der Waals surface area contributed by atoms with E-state index in [4.69, 9.17) is 23.8 Å². The van der Waals surface area contributed by atoms with E-state index in [0.29, 0.717) is 15.6 Å². The van der Waals surface area contributed by atoms with Gasteiger partial charge < -0.3 is 5.32 Å². The zero-order chi connectivity index (χ0) is 17.3. The van der Waals surface area contributed by atoms with Crippen LogP contribution in [0.25, 0.3) is 10.7 Å². The number of aryl methyl sites for hydroxylation is 1. The van der Waals surface area contributed by atoms with E-state index in [-0.39, 0.29) is 5.91 Å². The number of hydrogen-bond acceptors (Lipinski definition) is 4. The minimum absolute atomic E-state index is 0.171. The van der Waals surface area contributed by atoms with E-state index in [1.165, 1.54) is 0 Å². The number of anilines is 1. The SMILES string of the molecule is Cc1cc(Cl)ccc1NC(=O)[C@H](C)n1c(-c2cccs2)n[nH]c1=S. The Balaban J connectivity index is 1.89. The number of carbonyl (C=O) groups is 1. The van der Waals surface area contributed by atoms with Crippen LogP contribution in [-0.4, -0.2) is 20.7 Å². The van der Waals surface area contributed by atoms with Crippen molar-refractivity contribution in [2.75, 3.05) is 5.32 Å². The molecule has 0 unspecified atom stereocenters. The van der Waals surface area contributed by atoms with E-state index in [1.807, 2.05) is 30.5 Å². The molecule has 1 amide bonds. The fraction of sp³-hybridized carbons (Fsp3) is 0.188. The predicted molar refractivity (Wildman–Crippen MR) is 100 cm³/mol. The molecule has 24 heavy (non-hydrogen) atoms. The first kappa shape index (κ1) is 16.9. The van der Waals surface area contributed by atoms with Gasteiger partial charge in [0.1, 0.15) is 6.04 Å². The Hall–Kier alpha value is -1.96. The number of H-pyrrole nitrogens is 1. The molecular formula is C16H15ClN4OS2. The van der Waals surface area contributed by atoms with Crippen molar-refractivity contribution in [2.24, 2.45) is 0 Å². The van der Waals surface area contributed by atoms with Crippen LogP contribution in [-0.2, 0) is 4.79 Å². The van der Waals surface area contributed by atoms with Crippen LogP contribution in [0.1, 0.15) is 18.5 Å². The van der Waals surface area contributed by atoms with Crippen LogP contribution in [0.4, 0.5) is 5.69 Å². The summed E-state index contributed by atoms with van der Waals surface area (Å²) in [6.45, 7) is 3.69. The van der Waals surface area contributed by atoms with E-state index < -0.39 is 6.04 Å². The number of nitrogens with zero attached hydrogens (tertiary/aromatic N) is 2. The van der Waals surface area contributed by atoms with E-state index >= 15 is 0 Å². The Morgan fingerprint density at radius 2 is 2.25 bits per heavy atom. The zero-order valence-corrected chi connectivity index (χ0v) is 15.4. The Bertz CT molecular complexity index is 930.